The summed E-state index contributed by atoms with van der Waals surface area (Å²) < 4.78 is 64.3. The molecule has 4 aromatic rings. The number of hydrogen-bond donors (Lipinski definition) is 2. The molecule has 2 aliphatic heterocycles. The number of methoxy groups -OCH3 is 1. The maximum absolute atomic E-state index is 14.0. The molecule has 2 heterocycles. The molecule has 0 fully saturated rings. The number of hydrogen-bond acceptors (Lipinski definition) is 8. The van der Waals surface area contributed by atoms with Gasteiger partial charge in [0.25, 0.3) is 0 Å². The lowest BCUT2D eigenvalue weighted by Crippen LogP contribution is -2.44. The summed E-state index contributed by atoms with van der Waals surface area (Å²) in [6.07, 6.45) is -5.11. The van der Waals surface area contributed by atoms with E-state index in [0.29, 0.717) is 51.2 Å². The third-order valence-corrected chi connectivity index (χ3v) is 7.93. The van der Waals surface area contributed by atoms with Gasteiger partial charge in [0.2, 0.25) is 0 Å². The van der Waals surface area contributed by atoms with E-state index < -0.39 is 24.1 Å². The Morgan fingerprint density at radius 3 is 2.46 bits per heavy atom. The highest BCUT2D eigenvalue weighted by Crippen LogP contribution is 2.47. The van der Waals surface area contributed by atoms with E-state index >= 15 is 0 Å². The van der Waals surface area contributed by atoms with E-state index in [9.17, 15) is 22.8 Å². The molecule has 0 bridgehead atoms. The number of fused-ring (bicyclic) bond motifs is 2. The van der Waals surface area contributed by atoms with Crippen LogP contribution in [0.5, 0.6) is 17.2 Å². The molecule has 2 atom stereocenters. The first kappa shape index (κ1) is 30.6. The number of esters is 1. The van der Waals surface area contributed by atoms with Crippen LogP contribution in [-0.4, -0.2) is 38.4 Å². The van der Waals surface area contributed by atoms with Crippen molar-refractivity contribution < 1.29 is 41.7 Å². The molecule has 2 aliphatic rings. The van der Waals surface area contributed by atoms with Gasteiger partial charge in [0, 0.05) is 28.8 Å². The highest BCUT2D eigenvalue weighted by Gasteiger charge is 2.48. The van der Waals surface area contributed by atoms with Crippen molar-refractivity contribution in [1.29, 1.82) is 0 Å². The van der Waals surface area contributed by atoms with Gasteiger partial charge in [0.15, 0.2) is 0 Å². The van der Waals surface area contributed by atoms with Crippen LogP contribution in [0.3, 0.4) is 0 Å². The van der Waals surface area contributed by atoms with E-state index in [1.807, 2.05) is 30.3 Å². The van der Waals surface area contributed by atoms with E-state index in [1.54, 1.807) is 42.5 Å². The van der Waals surface area contributed by atoms with Crippen LogP contribution in [0.4, 0.5) is 35.9 Å². The molecule has 9 nitrogen and oxygen atoms in total. The summed E-state index contributed by atoms with van der Waals surface area (Å²) in [5.74, 6) is -1.76. The normalized spacial score (nSPS) is 16.4. The predicted octanol–water partition coefficient (Wildman–Crippen LogP) is 6.66. The topological polar surface area (TPSA) is 112 Å². The highest BCUT2D eigenvalue weighted by atomic mass is 19.4. The fourth-order valence-corrected chi connectivity index (χ4v) is 5.65. The monoisotopic (exact) mass is 633 g/mol. The van der Waals surface area contributed by atoms with Crippen molar-refractivity contribution in [3.05, 3.63) is 102 Å². The Kier molecular flexibility index (Phi) is 8.35. The number of ether oxygens (including phenoxy) is 4. The van der Waals surface area contributed by atoms with Crippen LogP contribution in [0.15, 0.2) is 84.9 Å². The van der Waals surface area contributed by atoms with Gasteiger partial charge in [-0.15, -0.1) is 0 Å². The lowest BCUT2D eigenvalue weighted by atomic mass is 9.97. The Labute approximate surface area is 262 Å². The number of alkyl halides is 3. The van der Waals surface area contributed by atoms with Crippen LogP contribution in [0.2, 0.25) is 0 Å². The summed E-state index contributed by atoms with van der Waals surface area (Å²) >= 11 is 0. The molecule has 0 aromatic heterocycles. The van der Waals surface area contributed by atoms with Gasteiger partial charge in [-0.2, -0.15) is 13.2 Å². The SMILES string of the molecule is COC(=O)C[C@@H]1COc2cc(N(C(=O)C(F)(F)F)[C@@H]3COc4c(Nc5cccc(OCc6ccccc6)c5N)cccc43)ccc21. The predicted molar refractivity (Wildman–Crippen MR) is 164 cm³/mol. The number of nitrogens with two attached hydrogens (primary N) is 1. The van der Waals surface area contributed by atoms with Crippen molar-refractivity contribution >= 4 is 34.6 Å². The number of amides is 1. The quantitative estimate of drug-likeness (QED) is 0.156. The van der Waals surface area contributed by atoms with Gasteiger partial charge >= 0.3 is 18.1 Å². The summed E-state index contributed by atoms with van der Waals surface area (Å²) in [6.45, 7) is 0.240. The average Bonchev–Trinajstić information content (AvgIpc) is 3.66. The minimum Gasteiger partial charge on any atom is -0.493 e. The molecular formula is C34H30F3N3O6. The first-order chi connectivity index (χ1) is 22.1. The van der Waals surface area contributed by atoms with Crippen LogP contribution in [-0.2, 0) is 20.9 Å². The number of halogens is 3. The maximum atomic E-state index is 14.0. The van der Waals surface area contributed by atoms with Crippen LogP contribution in [0.1, 0.15) is 35.1 Å². The van der Waals surface area contributed by atoms with Gasteiger partial charge in [0.05, 0.1) is 43.2 Å². The highest BCUT2D eigenvalue weighted by molar-refractivity contribution is 5.99. The zero-order valence-electron chi connectivity index (χ0n) is 24.7. The first-order valence-corrected chi connectivity index (χ1v) is 14.5. The van der Waals surface area contributed by atoms with Crippen molar-refractivity contribution in [2.45, 2.75) is 31.2 Å². The number of nitrogens with one attached hydrogen (secondary N) is 1. The average molecular weight is 634 g/mol. The molecule has 4 aromatic carbocycles. The number of nitrogens with zero attached hydrogens (tertiary/aromatic N) is 1. The largest absolute Gasteiger partial charge is 0.493 e. The Bertz CT molecular complexity index is 1770. The number of para-hydroxylation sites is 2. The van der Waals surface area contributed by atoms with Crippen molar-refractivity contribution in [3.8, 4) is 17.2 Å². The summed E-state index contributed by atoms with van der Waals surface area (Å²) in [5.41, 5.74) is 9.69. The third-order valence-electron chi connectivity index (χ3n) is 7.93. The molecule has 3 N–H and O–H groups in total. The lowest BCUT2D eigenvalue weighted by molar-refractivity contribution is -0.171. The summed E-state index contributed by atoms with van der Waals surface area (Å²) in [6, 6.07) is 23.1. The van der Waals surface area contributed by atoms with E-state index in [0.717, 1.165) is 5.56 Å². The molecule has 6 rings (SSSR count). The summed E-state index contributed by atoms with van der Waals surface area (Å²) in [7, 11) is 1.28. The lowest BCUT2D eigenvalue weighted by Gasteiger charge is -2.29. The van der Waals surface area contributed by atoms with Crippen molar-refractivity contribution in [2.24, 2.45) is 0 Å². The van der Waals surface area contributed by atoms with Crippen LogP contribution >= 0.6 is 0 Å². The second-order valence-electron chi connectivity index (χ2n) is 10.9. The molecular weight excluding hydrogens is 603 g/mol. The standard InChI is InChI=1S/C34H30F3N3O6/c1-43-30(41)15-21-18-45-29-16-22(13-14-23(21)29)40(33(42)34(35,36)37)27-19-46-32-24(27)9-5-11-26(32)39-25-10-6-12-28(31(25)38)44-17-20-7-3-2-4-8-20/h2-14,16,21,27,39H,15,17-19,38H2,1H3/t21-,27-/m1/s1. The molecule has 238 valence electrons. The number of nitrogen functional groups attached to an aromatic ring is 1. The smallest absolute Gasteiger partial charge is 0.471 e. The van der Waals surface area contributed by atoms with Gasteiger partial charge in [-0.25, -0.2) is 0 Å². The number of benzene rings is 4. The number of rotatable bonds is 9. The Hall–Kier alpha value is -5.39. The van der Waals surface area contributed by atoms with E-state index in [1.165, 1.54) is 19.2 Å². The summed E-state index contributed by atoms with van der Waals surface area (Å²) in [4.78, 5) is 25.4. The number of anilines is 4. The van der Waals surface area contributed by atoms with Gasteiger partial charge in [-0.1, -0.05) is 54.6 Å². The van der Waals surface area contributed by atoms with Crippen LogP contribution < -0.4 is 30.2 Å². The van der Waals surface area contributed by atoms with Gasteiger partial charge < -0.3 is 30.0 Å². The molecule has 46 heavy (non-hydrogen) atoms. The van der Waals surface area contributed by atoms with Crippen LogP contribution in [0.25, 0.3) is 0 Å². The summed E-state index contributed by atoms with van der Waals surface area (Å²) in [5, 5.41) is 3.22. The molecule has 0 unspecified atom stereocenters. The fraction of sp³-hybridized carbons (Fsp3) is 0.235. The first-order valence-electron chi connectivity index (χ1n) is 14.5. The molecule has 0 aliphatic carbocycles. The zero-order valence-corrected chi connectivity index (χ0v) is 24.7. The number of carbonyl (C=O) groups excluding carboxylic acids is 2. The Balaban J connectivity index is 1.28. The zero-order chi connectivity index (χ0) is 32.4. The molecule has 0 saturated heterocycles. The third kappa shape index (κ3) is 6.10. The molecule has 12 heteroatoms. The van der Waals surface area contributed by atoms with E-state index in [-0.39, 0.29) is 37.0 Å². The second-order valence-corrected chi connectivity index (χ2v) is 10.9. The maximum Gasteiger partial charge on any atom is 0.471 e. The number of carbonyl (C=O) groups is 2. The minimum absolute atomic E-state index is 0.0212. The minimum atomic E-state index is -5.17. The van der Waals surface area contributed by atoms with E-state index in [2.05, 4.69) is 5.32 Å². The fourth-order valence-electron chi connectivity index (χ4n) is 5.65. The Morgan fingerprint density at radius 2 is 1.70 bits per heavy atom. The second kappa shape index (κ2) is 12.5. The van der Waals surface area contributed by atoms with Crippen molar-refractivity contribution in [2.75, 3.05) is 36.3 Å². The molecule has 1 amide bonds. The van der Waals surface area contributed by atoms with Crippen molar-refractivity contribution in [1.82, 2.24) is 0 Å². The molecule has 0 saturated carbocycles. The molecule has 0 spiro atoms. The van der Waals surface area contributed by atoms with Crippen molar-refractivity contribution in [3.63, 3.8) is 0 Å². The van der Waals surface area contributed by atoms with Gasteiger partial charge in [-0.3, -0.25) is 14.5 Å². The Morgan fingerprint density at radius 1 is 0.935 bits per heavy atom. The van der Waals surface area contributed by atoms with Crippen LogP contribution in [0, 0.1) is 0 Å². The van der Waals surface area contributed by atoms with Gasteiger partial charge in [-0.05, 0) is 29.8 Å². The molecule has 0 radical (unpaired) electrons. The van der Waals surface area contributed by atoms with Gasteiger partial charge in [0.1, 0.15) is 30.5 Å². The van der Waals surface area contributed by atoms with E-state index in [4.69, 9.17) is 24.7 Å².